The van der Waals surface area contributed by atoms with Gasteiger partial charge in [-0.15, -0.1) is 0 Å². The van der Waals surface area contributed by atoms with Crippen LogP contribution in [-0.4, -0.2) is 48.4 Å². The Labute approximate surface area is 138 Å². The van der Waals surface area contributed by atoms with E-state index in [-0.39, 0.29) is 24.0 Å². The van der Waals surface area contributed by atoms with Gasteiger partial charge in [0.2, 0.25) is 11.8 Å². The summed E-state index contributed by atoms with van der Waals surface area (Å²) < 4.78 is 10.5. The molecule has 0 spiro atoms. The summed E-state index contributed by atoms with van der Waals surface area (Å²) >= 11 is 0. The zero-order valence-electron chi connectivity index (χ0n) is 13.3. The Morgan fingerprint density at radius 2 is 2.33 bits per heavy atom. The third-order valence-corrected chi connectivity index (χ3v) is 4.15. The second-order valence-electron chi connectivity index (χ2n) is 5.72. The molecule has 7 nitrogen and oxygen atoms in total. The van der Waals surface area contributed by atoms with E-state index in [1.54, 1.807) is 36.3 Å². The largest absolute Gasteiger partial charge is 0.439 e. The van der Waals surface area contributed by atoms with Gasteiger partial charge < -0.3 is 14.1 Å². The van der Waals surface area contributed by atoms with Crippen LogP contribution in [0.1, 0.15) is 18.2 Å². The Hall–Kier alpha value is -2.72. The van der Waals surface area contributed by atoms with Crippen molar-refractivity contribution >= 4 is 22.8 Å². The van der Waals surface area contributed by atoms with Crippen LogP contribution in [0.2, 0.25) is 0 Å². The van der Waals surface area contributed by atoms with Gasteiger partial charge in [-0.1, -0.05) is 12.1 Å². The van der Waals surface area contributed by atoms with Gasteiger partial charge in [-0.05, 0) is 12.1 Å². The standard InChI is InChI=1S/C17H17N3O4/c1-23-7-6-20-10-11(8-15(20)21)16(22)12(9-18)17-19-13-4-2-3-5-14(13)24-17/h2-5,11-12H,6-8,10H2,1H3/t11-,12+/m0/s1. The van der Waals surface area contributed by atoms with Crippen LogP contribution in [-0.2, 0) is 14.3 Å². The number of rotatable bonds is 6. The molecule has 124 valence electrons. The Morgan fingerprint density at radius 3 is 3.04 bits per heavy atom. The number of para-hydroxylation sites is 2. The molecule has 0 saturated carbocycles. The number of ether oxygens (including phenoxy) is 1. The summed E-state index contributed by atoms with van der Waals surface area (Å²) in [5.41, 5.74) is 1.13. The molecule has 0 radical (unpaired) electrons. The molecular formula is C17H17N3O4. The molecule has 7 heteroatoms. The highest BCUT2D eigenvalue weighted by Crippen LogP contribution is 2.28. The Morgan fingerprint density at radius 1 is 1.54 bits per heavy atom. The van der Waals surface area contributed by atoms with Gasteiger partial charge in [-0.3, -0.25) is 9.59 Å². The molecule has 1 aliphatic rings. The van der Waals surface area contributed by atoms with E-state index in [4.69, 9.17) is 9.15 Å². The molecule has 2 atom stereocenters. The fourth-order valence-corrected chi connectivity index (χ4v) is 2.87. The molecule has 1 saturated heterocycles. The van der Waals surface area contributed by atoms with Gasteiger partial charge in [0.25, 0.3) is 0 Å². The lowest BCUT2D eigenvalue weighted by Crippen LogP contribution is -2.30. The quantitative estimate of drug-likeness (QED) is 0.797. The maximum atomic E-state index is 12.7. The van der Waals surface area contributed by atoms with Gasteiger partial charge in [0.05, 0.1) is 12.7 Å². The number of amides is 1. The molecule has 0 aliphatic carbocycles. The van der Waals surface area contributed by atoms with Crippen molar-refractivity contribution in [2.24, 2.45) is 5.92 Å². The van der Waals surface area contributed by atoms with Crippen molar-refractivity contribution in [2.45, 2.75) is 12.3 Å². The predicted molar refractivity (Wildman–Crippen MR) is 83.9 cm³/mol. The maximum absolute atomic E-state index is 12.7. The smallest absolute Gasteiger partial charge is 0.223 e. The molecule has 0 N–H and O–H groups in total. The number of hydrogen-bond donors (Lipinski definition) is 0. The fraction of sp³-hybridized carbons (Fsp3) is 0.412. The lowest BCUT2D eigenvalue weighted by molar-refractivity contribution is -0.129. The fourth-order valence-electron chi connectivity index (χ4n) is 2.87. The molecular weight excluding hydrogens is 310 g/mol. The lowest BCUT2D eigenvalue weighted by atomic mass is 9.93. The molecule has 1 aliphatic heterocycles. The van der Waals surface area contributed by atoms with Crippen LogP contribution < -0.4 is 0 Å². The van der Waals surface area contributed by atoms with E-state index < -0.39 is 11.8 Å². The minimum Gasteiger partial charge on any atom is -0.439 e. The number of methoxy groups -OCH3 is 1. The van der Waals surface area contributed by atoms with Gasteiger partial charge >= 0.3 is 0 Å². The summed E-state index contributed by atoms with van der Waals surface area (Å²) in [6, 6.07) is 9.06. The Bertz CT molecular complexity index is 775. The van der Waals surface area contributed by atoms with Crippen molar-refractivity contribution in [1.82, 2.24) is 9.88 Å². The highest BCUT2D eigenvalue weighted by Gasteiger charge is 2.39. The number of nitrogens with zero attached hydrogens (tertiary/aromatic N) is 3. The molecule has 1 aromatic heterocycles. The molecule has 0 unspecified atom stereocenters. The van der Waals surface area contributed by atoms with E-state index in [0.29, 0.717) is 30.8 Å². The minimum atomic E-state index is -1.10. The number of Topliss-reactive ketones (excluding diaryl/α,β-unsaturated/α-hetero) is 1. The molecule has 24 heavy (non-hydrogen) atoms. The first-order chi connectivity index (χ1) is 11.6. The van der Waals surface area contributed by atoms with Crippen LogP contribution in [0.5, 0.6) is 0 Å². The number of nitriles is 1. The number of carbonyl (C=O) groups excluding carboxylic acids is 2. The zero-order valence-corrected chi connectivity index (χ0v) is 13.3. The van der Waals surface area contributed by atoms with E-state index in [0.717, 1.165) is 0 Å². The number of ketones is 1. The minimum absolute atomic E-state index is 0.0893. The van der Waals surface area contributed by atoms with Crippen molar-refractivity contribution in [2.75, 3.05) is 26.8 Å². The number of fused-ring (bicyclic) bond motifs is 1. The number of benzene rings is 1. The van der Waals surface area contributed by atoms with Crippen LogP contribution in [0.15, 0.2) is 28.7 Å². The van der Waals surface area contributed by atoms with E-state index in [2.05, 4.69) is 4.98 Å². The monoisotopic (exact) mass is 327 g/mol. The number of aromatic nitrogens is 1. The first-order valence-electron chi connectivity index (χ1n) is 7.69. The van der Waals surface area contributed by atoms with E-state index in [1.165, 1.54) is 0 Å². The SMILES string of the molecule is COCCN1C[C@@H](C(=O)[C@@H](C#N)c2nc3ccccc3o2)CC1=O. The molecule has 1 amide bonds. The second-order valence-corrected chi connectivity index (χ2v) is 5.72. The van der Waals surface area contributed by atoms with Crippen LogP contribution in [0.4, 0.5) is 0 Å². The predicted octanol–water partition coefficient (Wildman–Crippen LogP) is 1.50. The highest BCUT2D eigenvalue weighted by molar-refractivity contribution is 5.95. The molecule has 3 rings (SSSR count). The molecule has 2 aromatic rings. The van der Waals surface area contributed by atoms with Crippen LogP contribution >= 0.6 is 0 Å². The lowest BCUT2D eigenvalue weighted by Gasteiger charge is -2.16. The summed E-state index contributed by atoms with van der Waals surface area (Å²) in [6.45, 7) is 1.16. The molecule has 1 aromatic carbocycles. The third-order valence-electron chi connectivity index (χ3n) is 4.15. The Balaban J connectivity index is 1.77. The average Bonchev–Trinajstić information content (AvgIpc) is 3.17. The first kappa shape index (κ1) is 16.1. The van der Waals surface area contributed by atoms with Gasteiger partial charge in [0.15, 0.2) is 17.3 Å². The van der Waals surface area contributed by atoms with Crippen molar-refractivity contribution in [1.29, 1.82) is 5.26 Å². The molecule has 0 bridgehead atoms. The number of likely N-dealkylation sites (tertiary alicyclic amines) is 1. The summed E-state index contributed by atoms with van der Waals surface area (Å²) in [5.74, 6) is -1.95. The van der Waals surface area contributed by atoms with E-state index in [1.807, 2.05) is 6.07 Å². The number of oxazole rings is 1. The summed E-state index contributed by atoms with van der Waals surface area (Å²) in [6.07, 6.45) is 0.112. The van der Waals surface area contributed by atoms with Crippen molar-refractivity contribution in [3.8, 4) is 6.07 Å². The normalized spacial score (nSPS) is 18.8. The summed E-state index contributed by atoms with van der Waals surface area (Å²) in [7, 11) is 1.56. The maximum Gasteiger partial charge on any atom is 0.223 e. The Kier molecular flexibility index (Phi) is 4.58. The van der Waals surface area contributed by atoms with Crippen molar-refractivity contribution in [3.63, 3.8) is 0 Å². The second kappa shape index (κ2) is 6.81. The summed E-state index contributed by atoms with van der Waals surface area (Å²) in [4.78, 5) is 30.5. The molecule has 1 fully saturated rings. The first-order valence-corrected chi connectivity index (χ1v) is 7.69. The van der Waals surface area contributed by atoms with Crippen LogP contribution in [0, 0.1) is 17.2 Å². The van der Waals surface area contributed by atoms with Crippen LogP contribution in [0.25, 0.3) is 11.1 Å². The highest BCUT2D eigenvalue weighted by atomic mass is 16.5. The number of carbonyl (C=O) groups is 2. The third kappa shape index (κ3) is 3.01. The van der Waals surface area contributed by atoms with Crippen molar-refractivity contribution in [3.05, 3.63) is 30.2 Å². The van der Waals surface area contributed by atoms with E-state index in [9.17, 15) is 14.9 Å². The van der Waals surface area contributed by atoms with E-state index >= 15 is 0 Å². The van der Waals surface area contributed by atoms with Gasteiger partial charge in [-0.2, -0.15) is 5.26 Å². The summed E-state index contributed by atoms with van der Waals surface area (Å²) in [5, 5.41) is 9.42. The van der Waals surface area contributed by atoms with Crippen molar-refractivity contribution < 1.29 is 18.7 Å². The zero-order chi connectivity index (χ0) is 17.1. The van der Waals surface area contributed by atoms with Crippen LogP contribution in [0.3, 0.4) is 0 Å². The van der Waals surface area contributed by atoms with Gasteiger partial charge in [0, 0.05) is 32.5 Å². The average molecular weight is 327 g/mol. The molecule has 2 heterocycles. The number of hydrogen-bond acceptors (Lipinski definition) is 6. The van der Waals surface area contributed by atoms with Gasteiger partial charge in [-0.25, -0.2) is 4.98 Å². The van der Waals surface area contributed by atoms with Gasteiger partial charge in [0.1, 0.15) is 5.52 Å². The topological polar surface area (TPSA) is 96.4 Å².